The maximum absolute atomic E-state index is 5.14. The van der Waals surface area contributed by atoms with Gasteiger partial charge in [0, 0.05) is 47.6 Å². The number of aryl methyl sites for hydroxylation is 4. The first-order chi connectivity index (χ1) is 57.0. The molecule has 0 unspecified atom stereocenters. The number of nitrogens with zero attached hydrogens (tertiary/aromatic N) is 10. The number of hydrogen-bond donors (Lipinski definition) is 0. The summed E-state index contributed by atoms with van der Waals surface area (Å²) in [5.41, 5.74) is 34.0. The molecule has 12 heteroatoms. The van der Waals surface area contributed by atoms with Gasteiger partial charge in [-0.2, -0.15) is 12.1 Å². The minimum Gasteiger partial charge on any atom is -0.357 e. The van der Waals surface area contributed by atoms with Crippen molar-refractivity contribution in [1.29, 1.82) is 0 Å². The molecule has 0 aliphatic rings. The molecule has 0 spiro atoms. The zero-order valence-corrected chi connectivity index (χ0v) is 69.1. The average molecular weight is 1860 g/mol. The largest absolute Gasteiger partial charge is 3.00 e. The number of rotatable bonds is 13. The molecule has 0 saturated heterocycles. The summed E-state index contributed by atoms with van der Waals surface area (Å²) in [6, 6.07) is 118. The molecule has 0 aliphatic heterocycles. The van der Waals surface area contributed by atoms with Crippen LogP contribution in [0.15, 0.2) is 329 Å². The van der Waals surface area contributed by atoms with Crippen molar-refractivity contribution in [3.05, 3.63) is 388 Å². The molecule has 0 radical (unpaired) electrons. The SMILES string of the molecule is Cc1cn2ccc3cc(-c4ccccc4-c4cc(-c5ccccc5-c5c[c-]c(-c6[c-]cc(-c7ccccc7-c7cc(-c8ccccc8-c8c[c-]c9c(ccn%10cc(C)nc9%10)c8)cc(-c8ccccc8-c8c[c-]c9c(ccn%10cc(C)nc9%10)c8)c7)cn6)nc5)cc(-c5ccccc5-c5c[c-]c6c(ccn7cc(C)nc67)c5)c4)c[c-]c3c2n1.[Ir+3].[Ir+3]. The molecule has 0 N–H and O–H groups in total. The van der Waals surface area contributed by atoms with Crippen LogP contribution in [0.25, 0.3) is 211 Å². The Balaban J connectivity index is 0.00000447. The van der Waals surface area contributed by atoms with Crippen molar-refractivity contribution in [2.45, 2.75) is 27.7 Å². The molecule has 0 bridgehead atoms. The topological polar surface area (TPSA) is 95.0 Å². The van der Waals surface area contributed by atoms with Gasteiger partial charge in [0.25, 0.3) is 0 Å². The van der Waals surface area contributed by atoms with E-state index in [9.17, 15) is 0 Å². The van der Waals surface area contributed by atoms with Gasteiger partial charge in [-0.05, 0) is 168 Å². The van der Waals surface area contributed by atoms with Gasteiger partial charge in [0.05, 0.1) is 22.6 Å². The molecule has 0 atom stereocenters. The van der Waals surface area contributed by atoms with E-state index in [1.165, 1.54) is 0 Å². The zero-order valence-electron chi connectivity index (χ0n) is 64.3. The Morgan fingerprint density at radius 2 is 0.415 bits per heavy atom. The summed E-state index contributed by atoms with van der Waals surface area (Å²) in [5.74, 6) is 0. The van der Waals surface area contributed by atoms with Gasteiger partial charge in [-0.3, -0.25) is 19.9 Å². The molecule has 0 aliphatic carbocycles. The minimum absolute atomic E-state index is 0. The van der Waals surface area contributed by atoms with Crippen LogP contribution >= 0.6 is 0 Å². The summed E-state index contributed by atoms with van der Waals surface area (Å²) < 4.78 is 8.31. The van der Waals surface area contributed by atoms with E-state index >= 15 is 0 Å². The van der Waals surface area contributed by atoms with Gasteiger partial charge >= 0.3 is 40.2 Å². The predicted molar refractivity (Wildman–Crippen MR) is 470 cm³/mol. The third-order valence-electron chi connectivity index (χ3n) is 22.6. The quantitative estimate of drug-likeness (QED) is 0.107. The van der Waals surface area contributed by atoms with Crippen LogP contribution in [0.1, 0.15) is 22.8 Å². The summed E-state index contributed by atoms with van der Waals surface area (Å²) in [4.78, 5) is 29.8. The van der Waals surface area contributed by atoms with Crippen LogP contribution in [-0.2, 0) is 40.2 Å². The van der Waals surface area contributed by atoms with E-state index < -0.39 is 0 Å². The fourth-order valence-electron chi connectivity index (χ4n) is 17.3. The fourth-order valence-corrected chi connectivity index (χ4v) is 17.3. The molecular weight excluding hydrogens is 1800 g/mol. The summed E-state index contributed by atoms with van der Waals surface area (Å²) >= 11 is 0. The van der Waals surface area contributed by atoms with Crippen molar-refractivity contribution in [3.8, 4) is 145 Å². The Bertz CT molecular complexity index is 6960. The summed E-state index contributed by atoms with van der Waals surface area (Å²) in [5, 5.41) is 8.24. The summed E-state index contributed by atoms with van der Waals surface area (Å²) in [7, 11) is 0. The van der Waals surface area contributed by atoms with Gasteiger partial charge in [-0.25, -0.2) is 12.1 Å². The molecule has 0 amide bonds. The molecule has 118 heavy (non-hydrogen) atoms. The van der Waals surface area contributed by atoms with Crippen LogP contribution in [0.5, 0.6) is 0 Å². The smallest absolute Gasteiger partial charge is 0.357 e. The molecule has 12 aromatic carbocycles. The number of benzene rings is 12. The Hall–Kier alpha value is -14.0. The molecule has 22 aromatic rings. The third-order valence-corrected chi connectivity index (χ3v) is 22.6. The van der Waals surface area contributed by atoms with E-state index in [0.717, 1.165) is 222 Å². The monoisotopic (exact) mass is 1860 g/mol. The van der Waals surface area contributed by atoms with Crippen LogP contribution in [0.3, 0.4) is 0 Å². The second-order valence-corrected chi connectivity index (χ2v) is 30.2. The Kier molecular flexibility index (Phi) is 18.4. The maximum atomic E-state index is 5.14. The van der Waals surface area contributed by atoms with E-state index in [1.54, 1.807) is 0 Å². The number of aromatic nitrogens is 10. The standard InChI is InChI=1S/C106H66N10.2Ir/c1-65-61-113-45-41-73-49-69(29-35-97(73)103(113)109-65)85-17-5-11-23-91(85)79-53-80(92-24-12-6-18-86(92)70-30-36-98-74(50-70)42-46-114-62-66(2)110-104(98)114)56-83(55-79)95-27-15-9-21-89(95)77-33-39-101(107-59-77)102-40-34-78(60-108-102)90-22-10-16-28-96(90)84-57-81(93-25-13-7-19-87(93)71-31-37-99-75(51-71)43-47-115-63-67(3)111-105(99)115)54-82(58-84)94-26-14-8-20-88(94)72-32-38-100-76(52-72)44-48-116-64-68(4)112-106(100)116;;/h5-34,41-64H,1-4H3;;/q-6;2*+3. The first kappa shape index (κ1) is 73.0. The van der Waals surface area contributed by atoms with Crippen LogP contribution in [-0.4, -0.2) is 47.5 Å². The normalized spacial score (nSPS) is 11.6. The van der Waals surface area contributed by atoms with Crippen LogP contribution in [0.4, 0.5) is 0 Å². The van der Waals surface area contributed by atoms with E-state index in [-0.39, 0.29) is 40.2 Å². The summed E-state index contributed by atoms with van der Waals surface area (Å²) in [6.07, 6.45) is 20.5. The summed E-state index contributed by atoms with van der Waals surface area (Å²) in [6.45, 7) is 8.11. The van der Waals surface area contributed by atoms with Crippen LogP contribution < -0.4 is 0 Å². The fraction of sp³-hybridized carbons (Fsp3) is 0.0377. The third kappa shape index (κ3) is 12.9. The van der Waals surface area contributed by atoms with Crippen molar-refractivity contribution in [2.24, 2.45) is 0 Å². The second-order valence-electron chi connectivity index (χ2n) is 30.2. The number of fused-ring (bicyclic) bond motifs is 12. The molecule has 22 rings (SSSR count). The van der Waals surface area contributed by atoms with Crippen molar-refractivity contribution >= 4 is 65.7 Å². The molecule has 0 saturated carbocycles. The van der Waals surface area contributed by atoms with Gasteiger partial charge in [0.1, 0.15) is 0 Å². The van der Waals surface area contributed by atoms with Crippen LogP contribution in [0.2, 0.25) is 0 Å². The van der Waals surface area contributed by atoms with Crippen LogP contribution in [0, 0.1) is 64.1 Å². The van der Waals surface area contributed by atoms with Crippen molar-refractivity contribution in [3.63, 3.8) is 0 Å². The molecule has 10 nitrogen and oxygen atoms in total. The molecule has 10 aromatic heterocycles. The molecule has 558 valence electrons. The van der Waals surface area contributed by atoms with Gasteiger partial charge < -0.3 is 27.6 Å². The molecule has 10 heterocycles. The first-order valence-electron chi connectivity index (χ1n) is 38.9. The molecular formula is C106H66Ir2N10. The van der Waals surface area contributed by atoms with E-state index in [4.69, 9.17) is 29.9 Å². The predicted octanol–water partition coefficient (Wildman–Crippen LogP) is 25.4. The van der Waals surface area contributed by atoms with Crippen molar-refractivity contribution in [1.82, 2.24) is 47.5 Å². The van der Waals surface area contributed by atoms with E-state index in [0.29, 0.717) is 11.4 Å². The number of imidazole rings is 4. The number of pyridine rings is 6. The van der Waals surface area contributed by atoms with Crippen molar-refractivity contribution in [2.75, 3.05) is 0 Å². The van der Waals surface area contributed by atoms with Gasteiger partial charge in [-0.15, -0.1) is 127 Å². The average Bonchev–Trinajstić information content (AvgIpc) is 1.25. The van der Waals surface area contributed by atoms with Crippen molar-refractivity contribution < 1.29 is 40.2 Å². The zero-order chi connectivity index (χ0) is 77.2. The van der Waals surface area contributed by atoms with E-state index in [1.807, 2.05) is 52.2 Å². The molecule has 0 fully saturated rings. The maximum Gasteiger partial charge on any atom is 3.00 e. The first-order valence-corrected chi connectivity index (χ1v) is 38.9. The Morgan fingerprint density at radius 1 is 0.220 bits per heavy atom. The van der Waals surface area contributed by atoms with E-state index in [2.05, 4.69) is 358 Å². The number of hydrogen-bond acceptors (Lipinski definition) is 6. The Morgan fingerprint density at radius 3 is 0.619 bits per heavy atom. The van der Waals surface area contributed by atoms with Gasteiger partial charge in [-0.1, -0.05) is 237 Å². The minimum atomic E-state index is 0. The van der Waals surface area contributed by atoms with Gasteiger partial charge in [0.2, 0.25) is 0 Å². The Labute approximate surface area is 708 Å². The van der Waals surface area contributed by atoms with Gasteiger partial charge in [0.15, 0.2) is 0 Å². The second kappa shape index (κ2) is 29.7.